The second kappa shape index (κ2) is 18.1. The van der Waals surface area contributed by atoms with Gasteiger partial charge in [-0.25, -0.2) is 4.79 Å². The Kier molecular flexibility index (Phi) is 16.4. The SMILES string of the molecule is Cc1c(C)c2c(c(C)c1O)CC[C@@](C)(CCC[C@H](C)CCC[C@H](C)CCCC(C)C)O2.O=C(O)c1cc(I)cc(I)c1I. The highest BCUT2D eigenvalue weighted by Crippen LogP contribution is 2.44. The van der Waals surface area contributed by atoms with E-state index < -0.39 is 5.97 Å². The van der Waals surface area contributed by atoms with E-state index >= 15 is 0 Å². The van der Waals surface area contributed by atoms with Crippen molar-refractivity contribution < 1.29 is 19.7 Å². The fourth-order valence-corrected chi connectivity index (χ4v) is 8.37. The molecule has 3 rings (SSSR count). The van der Waals surface area contributed by atoms with E-state index in [9.17, 15) is 9.90 Å². The first kappa shape index (κ1) is 38.9. The molecule has 1 aliphatic heterocycles. The zero-order valence-corrected chi connectivity index (χ0v) is 34.0. The van der Waals surface area contributed by atoms with Crippen LogP contribution in [0.15, 0.2) is 12.1 Å². The Morgan fingerprint density at radius 2 is 1.44 bits per heavy atom. The van der Waals surface area contributed by atoms with E-state index in [1.807, 2.05) is 42.5 Å². The summed E-state index contributed by atoms with van der Waals surface area (Å²) in [5.41, 5.74) is 4.61. The highest BCUT2D eigenvalue weighted by molar-refractivity contribution is 14.1. The van der Waals surface area contributed by atoms with Crippen molar-refractivity contribution in [1.82, 2.24) is 0 Å². The van der Waals surface area contributed by atoms with Gasteiger partial charge in [-0.15, -0.1) is 0 Å². The van der Waals surface area contributed by atoms with Crippen molar-refractivity contribution in [3.63, 3.8) is 0 Å². The Hall–Kier alpha value is -0.300. The van der Waals surface area contributed by atoms with Crippen LogP contribution in [-0.4, -0.2) is 21.8 Å². The van der Waals surface area contributed by atoms with Crippen molar-refractivity contribution in [1.29, 1.82) is 0 Å². The lowest BCUT2D eigenvalue weighted by Gasteiger charge is -2.38. The van der Waals surface area contributed by atoms with Crippen LogP contribution in [0.1, 0.15) is 131 Å². The van der Waals surface area contributed by atoms with E-state index in [4.69, 9.17) is 9.84 Å². The molecule has 0 aliphatic carbocycles. The lowest BCUT2D eigenvalue weighted by atomic mass is 9.84. The van der Waals surface area contributed by atoms with Crippen molar-refractivity contribution in [2.24, 2.45) is 17.8 Å². The molecule has 1 aliphatic rings. The molecule has 4 nitrogen and oxygen atoms in total. The zero-order valence-electron chi connectivity index (χ0n) is 27.5. The van der Waals surface area contributed by atoms with Crippen molar-refractivity contribution in [2.45, 2.75) is 132 Å². The number of ether oxygens (including phenoxy) is 1. The number of carbonyl (C=O) groups is 1. The van der Waals surface area contributed by atoms with Crippen LogP contribution in [-0.2, 0) is 6.42 Å². The van der Waals surface area contributed by atoms with Gasteiger partial charge in [-0.1, -0.05) is 72.6 Å². The lowest BCUT2D eigenvalue weighted by Crippen LogP contribution is -2.37. The van der Waals surface area contributed by atoms with Gasteiger partial charge in [0.25, 0.3) is 0 Å². The molecule has 2 aromatic rings. The Morgan fingerprint density at radius 3 is 2.00 bits per heavy atom. The van der Waals surface area contributed by atoms with Gasteiger partial charge in [-0.2, -0.15) is 0 Å². The van der Waals surface area contributed by atoms with Gasteiger partial charge in [0.2, 0.25) is 0 Å². The van der Waals surface area contributed by atoms with E-state index in [0.717, 1.165) is 70.2 Å². The average molecular weight is 931 g/mol. The lowest BCUT2D eigenvalue weighted by molar-refractivity contribution is 0.0511. The van der Waals surface area contributed by atoms with Crippen LogP contribution in [0, 0.1) is 49.2 Å². The molecule has 7 heteroatoms. The molecule has 43 heavy (non-hydrogen) atoms. The molecule has 242 valence electrons. The molecule has 0 spiro atoms. The number of carboxylic acids is 1. The maximum atomic E-state index is 10.7. The van der Waals surface area contributed by atoms with Gasteiger partial charge in [0.05, 0.1) is 5.56 Å². The number of hydrogen-bond donors (Lipinski definition) is 2. The number of benzene rings is 2. The molecular weight excluding hydrogens is 877 g/mol. The number of aromatic carboxylic acids is 1. The quantitative estimate of drug-likeness (QED) is 0.155. The van der Waals surface area contributed by atoms with Gasteiger partial charge < -0.3 is 14.9 Å². The van der Waals surface area contributed by atoms with Gasteiger partial charge in [-0.05, 0) is 168 Å². The largest absolute Gasteiger partial charge is 0.507 e. The van der Waals surface area contributed by atoms with Gasteiger partial charge in [0.1, 0.15) is 17.1 Å². The molecule has 0 aromatic heterocycles. The van der Waals surface area contributed by atoms with Gasteiger partial charge in [0, 0.05) is 16.3 Å². The Morgan fingerprint density at radius 1 is 0.884 bits per heavy atom. The number of halogens is 3. The van der Waals surface area contributed by atoms with Crippen molar-refractivity contribution >= 4 is 73.7 Å². The first-order chi connectivity index (χ1) is 20.1. The number of carboxylic acid groups (broad SMARTS) is 1. The third-order valence-corrected chi connectivity index (χ3v) is 12.8. The van der Waals surface area contributed by atoms with E-state index in [-0.39, 0.29) is 5.60 Å². The summed E-state index contributed by atoms with van der Waals surface area (Å²) in [6, 6.07) is 3.63. The number of rotatable bonds is 13. The minimum Gasteiger partial charge on any atom is -0.507 e. The number of hydrogen-bond acceptors (Lipinski definition) is 3. The predicted molar refractivity (Wildman–Crippen MR) is 206 cm³/mol. The molecule has 0 radical (unpaired) electrons. The summed E-state index contributed by atoms with van der Waals surface area (Å²) in [4.78, 5) is 10.7. The first-order valence-corrected chi connectivity index (χ1v) is 19.2. The Labute approximate surface area is 302 Å². The highest BCUT2D eigenvalue weighted by Gasteiger charge is 2.34. The third-order valence-electron chi connectivity index (χ3n) is 9.09. The zero-order chi connectivity index (χ0) is 32.5. The second-order valence-corrected chi connectivity index (χ2v) is 17.0. The molecule has 2 N–H and O–H groups in total. The predicted octanol–water partition coefficient (Wildman–Crippen LogP) is 12.0. The summed E-state index contributed by atoms with van der Waals surface area (Å²) >= 11 is 6.29. The van der Waals surface area contributed by atoms with Crippen LogP contribution in [0.2, 0.25) is 0 Å². The fraction of sp³-hybridized carbons (Fsp3) is 0.639. The van der Waals surface area contributed by atoms with Crippen LogP contribution < -0.4 is 4.74 Å². The molecule has 1 heterocycles. The number of phenols is 1. The molecule has 0 unspecified atom stereocenters. The molecule has 2 aromatic carbocycles. The molecule has 0 amide bonds. The van der Waals surface area contributed by atoms with Crippen LogP contribution >= 0.6 is 67.8 Å². The summed E-state index contributed by atoms with van der Waals surface area (Å²) in [6.07, 6.45) is 14.1. The summed E-state index contributed by atoms with van der Waals surface area (Å²) in [5, 5.41) is 19.2. The standard InChI is InChI=1S/C29H50O2.C7H3I3O2/c1-20(2)12-9-13-21(3)14-10-15-22(4)16-11-18-29(8)19-17-26-25(7)27(30)23(5)24(6)28(26)31-29;8-3-1-4(7(11)12)6(10)5(9)2-3/h20-22,30H,9-19H2,1-8H3;1-2H,(H,11,12)/t21-,22-,29-;/m1./s1. The third kappa shape index (κ3) is 12.1. The smallest absolute Gasteiger partial charge is 0.336 e. The Bertz CT molecular complexity index is 1230. The minimum atomic E-state index is -0.865. The monoisotopic (exact) mass is 930 g/mol. The van der Waals surface area contributed by atoms with Crippen LogP contribution in [0.25, 0.3) is 0 Å². The number of phenolic OH excluding ortho intramolecular Hbond substituents is 1. The summed E-state index contributed by atoms with van der Waals surface area (Å²) < 4.78 is 9.35. The fourth-order valence-electron chi connectivity index (χ4n) is 5.98. The second-order valence-electron chi connectivity index (χ2n) is 13.5. The summed E-state index contributed by atoms with van der Waals surface area (Å²) in [6.45, 7) is 17.9. The highest BCUT2D eigenvalue weighted by atomic mass is 127. The van der Waals surface area contributed by atoms with E-state index in [1.165, 1.54) is 56.9 Å². The molecule has 0 fully saturated rings. The van der Waals surface area contributed by atoms with Crippen molar-refractivity contribution in [3.05, 3.63) is 50.7 Å². The van der Waals surface area contributed by atoms with Crippen molar-refractivity contribution in [2.75, 3.05) is 0 Å². The normalized spacial score (nSPS) is 17.5. The maximum absolute atomic E-state index is 10.7. The van der Waals surface area contributed by atoms with E-state index in [2.05, 4.69) is 86.7 Å². The van der Waals surface area contributed by atoms with E-state index in [0.29, 0.717) is 11.3 Å². The maximum Gasteiger partial charge on any atom is 0.336 e. The van der Waals surface area contributed by atoms with Gasteiger partial charge >= 0.3 is 5.97 Å². The topological polar surface area (TPSA) is 66.8 Å². The first-order valence-electron chi connectivity index (χ1n) is 15.9. The van der Waals surface area contributed by atoms with Crippen LogP contribution in [0.3, 0.4) is 0 Å². The summed E-state index contributed by atoms with van der Waals surface area (Å²) in [7, 11) is 0. The van der Waals surface area contributed by atoms with Crippen LogP contribution in [0.4, 0.5) is 0 Å². The number of fused-ring (bicyclic) bond motifs is 1. The van der Waals surface area contributed by atoms with Gasteiger partial charge in [0.15, 0.2) is 0 Å². The molecule has 0 saturated heterocycles. The van der Waals surface area contributed by atoms with Crippen molar-refractivity contribution in [3.8, 4) is 11.5 Å². The Balaban J connectivity index is 0.000000448. The number of aromatic hydroxyl groups is 1. The van der Waals surface area contributed by atoms with Gasteiger partial charge in [-0.3, -0.25) is 0 Å². The summed E-state index contributed by atoms with van der Waals surface area (Å²) in [5.74, 6) is 3.17. The average Bonchev–Trinajstić information content (AvgIpc) is 2.92. The molecule has 0 bridgehead atoms. The molecule has 3 atom stereocenters. The van der Waals surface area contributed by atoms with E-state index in [1.54, 1.807) is 6.07 Å². The molecule has 0 saturated carbocycles. The van der Waals surface area contributed by atoms with Crippen LogP contribution in [0.5, 0.6) is 11.5 Å². The molecular formula is C36H53I3O4. The minimum absolute atomic E-state index is 0.0712.